The molecule has 1 aliphatic carbocycles. The zero-order valence-corrected chi connectivity index (χ0v) is 14.5. The average Bonchev–Trinajstić information content (AvgIpc) is 2.65. The van der Waals surface area contributed by atoms with Gasteiger partial charge in [0.05, 0.1) is 17.9 Å². The van der Waals surface area contributed by atoms with E-state index in [0.29, 0.717) is 11.4 Å². The molecule has 7 heteroatoms. The fraction of sp³-hybridized carbons (Fsp3) is 0.500. The third kappa shape index (κ3) is 3.92. The molecule has 7 nitrogen and oxygen atoms in total. The van der Waals surface area contributed by atoms with Gasteiger partial charge >= 0.3 is 6.03 Å². The van der Waals surface area contributed by atoms with Gasteiger partial charge in [-0.15, -0.1) is 0 Å². The van der Waals surface area contributed by atoms with Crippen LogP contribution in [-0.2, 0) is 9.59 Å². The number of nitrogens with zero attached hydrogens (tertiary/aromatic N) is 2. The lowest BCUT2D eigenvalue weighted by Crippen LogP contribution is -2.50. The summed E-state index contributed by atoms with van der Waals surface area (Å²) in [6.07, 6.45) is 5.57. The zero-order chi connectivity index (χ0) is 17.8. The van der Waals surface area contributed by atoms with Crippen molar-refractivity contribution >= 4 is 29.2 Å². The normalized spacial score (nSPS) is 17.5. The van der Waals surface area contributed by atoms with Crippen LogP contribution in [0.15, 0.2) is 24.3 Å². The highest BCUT2D eigenvalue weighted by atomic mass is 16.2. The maximum absolute atomic E-state index is 12.5. The fourth-order valence-electron chi connectivity index (χ4n) is 3.46. The second kappa shape index (κ2) is 7.55. The van der Waals surface area contributed by atoms with Crippen molar-refractivity contribution in [1.82, 2.24) is 10.2 Å². The molecule has 0 atom stereocenters. The van der Waals surface area contributed by atoms with Crippen LogP contribution in [0.3, 0.4) is 0 Å². The minimum atomic E-state index is -0.437. The van der Waals surface area contributed by atoms with Crippen LogP contribution >= 0.6 is 0 Å². The first-order valence-corrected chi connectivity index (χ1v) is 8.76. The lowest BCUT2D eigenvalue weighted by molar-refractivity contribution is -0.131. The number of carbonyl (C=O) groups excluding carboxylic acids is 3. The summed E-state index contributed by atoms with van der Waals surface area (Å²) in [5.74, 6) is -0.352. The first-order valence-electron chi connectivity index (χ1n) is 8.76. The summed E-state index contributed by atoms with van der Waals surface area (Å²) in [5, 5.41) is 5.38. The van der Waals surface area contributed by atoms with Crippen LogP contribution in [-0.4, -0.2) is 48.9 Å². The standard InChI is InChI=1S/C18H24N4O3/c1-21(13-7-3-2-4-8-13)17(24)11-19-18(25)22-12-16(23)20-14-9-5-6-10-15(14)22/h5-6,9-10,13H,2-4,7-8,11-12H2,1H3,(H,19,25)(H,20,23). The second-order valence-corrected chi connectivity index (χ2v) is 6.61. The Morgan fingerprint density at radius 2 is 1.96 bits per heavy atom. The summed E-state index contributed by atoms with van der Waals surface area (Å²) in [4.78, 5) is 39.7. The van der Waals surface area contributed by atoms with E-state index in [9.17, 15) is 14.4 Å². The van der Waals surface area contributed by atoms with E-state index in [4.69, 9.17) is 0 Å². The van der Waals surface area contributed by atoms with Gasteiger partial charge < -0.3 is 15.5 Å². The summed E-state index contributed by atoms with van der Waals surface area (Å²) in [6.45, 7) is -0.123. The van der Waals surface area contributed by atoms with Crippen LogP contribution in [0, 0.1) is 0 Å². The third-order valence-corrected chi connectivity index (χ3v) is 4.92. The van der Waals surface area contributed by atoms with Crippen molar-refractivity contribution in [3.63, 3.8) is 0 Å². The Hall–Kier alpha value is -2.57. The molecule has 2 aliphatic rings. The van der Waals surface area contributed by atoms with Crippen molar-refractivity contribution in [1.29, 1.82) is 0 Å². The molecule has 1 aliphatic heterocycles. The largest absolute Gasteiger partial charge is 0.341 e. The molecule has 0 radical (unpaired) electrons. The first kappa shape index (κ1) is 17.3. The number of carbonyl (C=O) groups is 3. The van der Waals surface area contributed by atoms with Gasteiger partial charge in [0.15, 0.2) is 0 Å². The highest BCUT2D eigenvalue weighted by Gasteiger charge is 2.28. The molecule has 1 saturated carbocycles. The molecule has 3 rings (SSSR count). The van der Waals surface area contributed by atoms with E-state index in [1.807, 2.05) is 0 Å². The van der Waals surface area contributed by atoms with Crippen molar-refractivity contribution in [2.75, 3.05) is 30.4 Å². The smallest absolute Gasteiger partial charge is 0.322 e. The quantitative estimate of drug-likeness (QED) is 0.879. The maximum Gasteiger partial charge on any atom is 0.322 e. The fourth-order valence-corrected chi connectivity index (χ4v) is 3.46. The molecule has 1 heterocycles. The second-order valence-electron chi connectivity index (χ2n) is 6.61. The van der Waals surface area contributed by atoms with E-state index in [2.05, 4.69) is 10.6 Å². The number of hydrogen-bond acceptors (Lipinski definition) is 3. The van der Waals surface area contributed by atoms with Crippen molar-refractivity contribution in [3.05, 3.63) is 24.3 Å². The molecule has 2 N–H and O–H groups in total. The molecule has 0 saturated heterocycles. The summed E-state index contributed by atoms with van der Waals surface area (Å²) in [6, 6.07) is 6.94. The van der Waals surface area contributed by atoms with Gasteiger partial charge in [0, 0.05) is 13.1 Å². The Balaban J connectivity index is 1.59. The highest BCUT2D eigenvalue weighted by Crippen LogP contribution is 2.28. The van der Waals surface area contributed by atoms with Crippen LogP contribution in [0.2, 0.25) is 0 Å². The lowest BCUT2D eigenvalue weighted by atomic mass is 9.94. The number of hydrogen-bond donors (Lipinski definition) is 2. The van der Waals surface area contributed by atoms with E-state index in [1.54, 1.807) is 36.2 Å². The molecule has 25 heavy (non-hydrogen) atoms. The molecule has 134 valence electrons. The van der Waals surface area contributed by atoms with Crippen LogP contribution < -0.4 is 15.5 Å². The molecule has 0 aromatic heterocycles. The van der Waals surface area contributed by atoms with Crippen molar-refractivity contribution in [2.24, 2.45) is 0 Å². The topological polar surface area (TPSA) is 81.8 Å². The Morgan fingerprint density at radius 1 is 1.24 bits per heavy atom. The molecule has 0 spiro atoms. The minimum Gasteiger partial charge on any atom is -0.341 e. The predicted molar refractivity (Wildman–Crippen MR) is 95.5 cm³/mol. The van der Waals surface area contributed by atoms with E-state index in [1.165, 1.54) is 11.3 Å². The Labute approximate surface area is 147 Å². The summed E-state index contributed by atoms with van der Waals surface area (Å²) in [7, 11) is 1.80. The van der Waals surface area contributed by atoms with Crippen LogP contribution in [0.5, 0.6) is 0 Å². The number of para-hydroxylation sites is 2. The number of likely N-dealkylation sites (N-methyl/N-ethyl adjacent to an activating group) is 1. The maximum atomic E-state index is 12.5. The lowest BCUT2D eigenvalue weighted by Gasteiger charge is -2.32. The van der Waals surface area contributed by atoms with Crippen molar-refractivity contribution < 1.29 is 14.4 Å². The van der Waals surface area contributed by atoms with Crippen molar-refractivity contribution in [2.45, 2.75) is 38.1 Å². The summed E-state index contributed by atoms with van der Waals surface area (Å²) in [5.41, 5.74) is 1.23. The number of anilines is 2. The number of urea groups is 1. The average molecular weight is 344 g/mol. The zero-order valence-electron chi connectivity index (χ0n) is 14.5. The number of rotatable bonds is 3. The molecule has 1 aromatic carbocycles. The Kier molecular flexibility index (Phi) is 5.21. The van der Waals surface area contributed by atoms with Gasteiger partial charge in [-0.1, -0.05) is 31.4 Å². The van der Waals surface area contributed by atoms with Crippen LogP contribution in [0.25, 0.3) is 0 Å². The number of amides is 4. The summed E-state index contributed by atoms with van der Waals surface area (Å²) >= 11 is 0. The molecule has 0 bridgehead atoms. The van der Waals surface area contributed by atoms with Gasteiger partial charge in [-0.3, -0.25) is 14.5 Å². The van der Waals surface area contributed by atoms with Gasteiger partial charge in [-0.2, -0.15) is 0 Å². The molecule has 0 unspecified atom stereocenters. The van der Waals surface area contributed by atoms with Crippen molar-refractivity contribution in [3.8, 4) is 0 Å². The number of benzene rings is 1. The van der Waals surface area contributed by atoms with E-state index < -0.39 is 6.03 Å². The van der Waals surface area contributed by atoms with Gasteiger partial charge in [-0.05, 0) is 25.0 Å². The molecular formula is C18H24N4O3. The highest BCUT2D eigenvalue weighted by molar-refractivity contribution is 6.09. The molecule has 1 aromatic rings. The van der Waals surface area contributed by atoms with Crippen LogP contribution in [0.4, 0.5) is 16.2 Å². The third-order valence-electron chi connectivity index (χ3n) is 4.92. The summed E-state index contributed by atoms with van der Waals surface area (Å²) < 4.78 is 0. The Bertz CT molecular complexity index is 670. The minimum absolute atomic E-state index is 0.0600. The van der Waals surface area contributed by atoms with E-state index >= 15 is 0 Å². The molecule has 1 fully saturated rings. The number of fused-ring (bicyclic) bond motifs is 1. The predicted octanol–water partition coefficient (Wildman–Crippen LogP) is 1.95. The Morgan fingerprint density at radius 3 is 2.72 bits per heavy atom. The monoisotopic (exact) mass is 344 g/mol. The SMILES string of the molecule is CN(C(=O)CNC(=O)N1CC(=O)Nc2ccccc21)C1CCCCC1. The van der Waals surface area contributed by atoms with Gasteiger partial charge in [-0.25, -0.2) is 4.79 Å². The van der Waals surface area contributed by atoms with Gasteiger partial charge in [0.25, 0.3) is 0 Å². The van der Waals surface area contributed by atoms with E-state index in [-0.39, 0.29) is 30.9 Å². The molecular weight excluding hydrogens is 320 g/mol. The van der Waals surface area contributed by atoms with Crippen LogP contribution in [0.1, 0.15) is 32.1 Å². The van der Waals surface area contributed by atoms with Gasteiger partial charge in [0.2, 0.25) is 11.8 Å². The number of nitrogens with one attached hydrogen (secondary N) is 2. The van der Waals surface area contributed by atoms with E-state index in [0.717, 1.165) is 25.7 Å². The first-order chi connectivity index (χ1) is 12.1. The molecule has 4 amide bonds. The van der Waals surface area contributed by atoms with Gasteiger partial charge in [0.1, 0.15) is 6.54 Å².